The van der Waals surface area contributed by atoms with Gasteiger partial charge in [0.05, 0.1) is 6.10 Å². The van der Waals surface area contributed by atoms with Crippen molar-refractivity contribution in [1.82, 2.24) is 0 Å². The van der Waals surface area contributed by atoms with Crippen molar-refractivity contribution in [3.8, 4) is 0 Å². The Morgan fingerprint density at radius 1 is 1.14 bits per heavy atom. The molecule has 0 aliphatic heterocycles. The third kappa shape index (κ3) is 9.15. The van der Waals surface area contributed by atoms with Gasteiger partial charge in [-0.2, -0.15) is 8.78 Å². The van der Waals surface area contributed by atoms with E-state index in [4.69, 9.17) is 5.11 Å². The number of allylic oxidation sites excluding steroid dienone is 2. The first-order chi connectivity index (χ1) is 13.7. The predicted molar refractivity (Wildman–Crippen MR) is 106 cm³/mol. The second-order valence-electron chi connectivity index (χ2n) is 7.98. The van der Waals surface area contributed by atoms with E-state index < -0.39 is 42.0 Å². The van der Waals surface area contributed by atoms with Gasteiger partial charge in [0.2, 0.25) is 5.78 Å². The van der Waals surface area contributed by atoms with Crippen LogP contribution in [0.25, 0.3) is 0 Å². The lowest BCUT2D eigenvalue weighted by atomic mass is 9.86. The molecule has 166 valence electrons. The first kappa shape index (κ1) is 25.4. The van der Waals surface area contributed by atoms with Gasteiger partial charge >= 0.3 is 11.9 Å². The molecule has 0 amide bonds. The van der Waals surface area contributed by atoms with Crippen molar-refractivity contribution in [3.05, 3.63) is 12.2 Å². The van der Waals surface area contributed by atoms with Crippen LogP contribution in [-0.2, 0) is 14.4 Å². The van der Waals surface area contributed by atoms with Crippen LogP contribution in [0.2, 0.25) is 0 Å². The van der Waals surface area contributed by atoms with Crippen LogP contribution in [0.3, 0.4) is 0 Å². The zero-order valence-corrected chi connectivity index (χ0v) is 17.2. The number of carbonyl (C=O) groups excluding carboxylic acids is 2. The van der Waals surface area contributed by atoms with Gasteiger partial charge in [-0.15, -0.1) is 0 Å². The number of rotatable bonds is 15. The van der Waals surface area contributed by atoms with Gasteiger partial charge in [-0.1, -0.05) is 31.9 Å². The Morgan fingerprint density at radius 2 is 1.86 bits per heavy atom. The molecule has 0 radical (unpaired) electrons. The minimum atomic E-state index is -3.33. The van der Waals surface area contributed by atoms with Crippen LogP contribution in [0.1, 0.15) is 84.0 Å². The van der Waals surface area contributed by atoms with Crippen LogP contribution in [-0.4, -0.2) is 39.8 Å². The maximum Gasteiger partial charge on any atom is 0.305 e. The number of aliphatic hydroxyl groups is 1. The number of ketones is 2. The molecule has 1 rings (SSSR count). The monoisotopic (exact) mass is 416 g/mol. The molecule has 0 aromatic heterocycles. The number of alkyl halides is 2. The van der Waals surface area contributed by atoms with E-state index in [9.17, 15) is 28.3 Å². The molecule has 1 saturated carbocycles. The van der Waals surface area contributed by atoms with Crippen molar-refractivity contribution in [2.45, 2.75) is 96.0 Å². The van der Waals surface area contributed by atoms with E-state index in [2.05, 4.69) is 0 Å². The summed E-state index contributed by atoms with van der Waals surface area (Å²) in [4.78, 5) is 34.5. The van der Waals surface area contributed by atoms with Gasteiger partial charge in [0.15, 0.2) is 0 Å². The summed E-state index contributed by atoms with van der Waals surface area (Å²) in [5, 5.41) is 18.7. The lowest BCUT2D eigenvalue weighted by molar-refractivity contribution is -0.144. The highest BCUT2D eigenvalue weighted by molar-refractivity contribution is 5.86. The zero-order valence-electron chi connectivity index (χ0n) is 17.2. The van der Waals surface area contributed by atoms with Gasteiger partial charge in [0, 0.05) is 31.6 Å². The number of Topliss-reactive ketones (excluding diaryl/α,β-unsaturated/α-hetero) is 2. The van der Waals surface area contributed by atoms with Crippen molar-refractivity contribution in [2.75, 3.05) is 0 Å². The number of carboxylic acid groups (broad SMARTS) is 1. The number of hydrogen-bond donors (Lipinski definition) is 2. The maximum atomic E-state index is 13.8. The van der Waals surface area contributed by atoms with E-state index in [-0.39, 0.29) is 37.9 Å². The van der Waals surface area contributed by atoms with E-state index in [0.717, 1.165) is 19.3 Å². The zero-order chi connectivity index (χ0) is 21.9. The van der Waals surface area contributed by atoms with Crippen LogP contribution in [0.4, 0.5) is 8.78 Å². The van der Waals surface area contributed by atoms with Gasteiger partial charge in [-0.05, 0) is 44.4 Å². The number of carboxylic acids is 1. The Labute approximate surface area is 171 Å². The largest absolute Gasteiger partial charge is 0.481 e. The maximum absolute atomic E-state index is 13.8. The lowest BCUT2D eigenvalue weighted by Crippen LogP contribution is -2.30. The van der Waals surface area contributed by atoms with Crippen LogP contribution in [0.5, 0.6) is 0 Å². The topological polar surface area (TPSA) is 91.7 Å². The third-order valence-corrected chi connectivity index (χ3v) is 5.61. The standard InChI is InChI=1S/C22H34F2O5/c1-2-3-14-22(23,24)20(27)13-12-17-16(18(25)15-19(17)26)10-8-6-4-5-7-9-11-21(28)29/h6,8,16-17,19,26H,2-5,7,9-15H2,1H3,(H,28,29)/t16-,17-,19-/m1/s1. The Balaban J connectivity index is 2.44. The van der Waals surface area contributed by atoms with Crippen LogP contribution in [0.15, 0.2) is 12.2 Å². The average Bonchev–Trinajstić information content (AvgIpc) is 2.92. The van der Waals surface area contributed by atoms with Crippen molar-refractivity contribution in [3.63, 3.8) is 0 Å². The molecule has 2 N–H and O–H groups in total. The molecule has 0 unspecified atom stereocenters. The molecule has 29 heavy (non-hydrogen) atoms. The van der Waals surface area contributed by atoms with Gasteiger partial charge < -0.3 is 10.2 Å². The molecule has 7 heteroatoms. The van der Waals surface area contributed by atoms with Gasteiger partial charge in [-0.3, -0.25) is 14.4 Å². The quantitative estimate of drug-likeness (QED) is 0.298. The normalized spacial score (nSPS) is 22.5. The Morgan fingerprint density at radius 3 is 2.52 bits per heavy atom. The second-order valence-corrected chi connectivity index (χ2v) is 7.98. The molecule has 5 nitrogen and oxygen atoms in total. The molecular formula is C22H34F2O5. The highest BCUT2D eigenvalue weighted by Crippen LogP contribution is 2.36. The van der Waals surface area contributed by atoms with E-state index >= 15 is 0 Å². The summed E-state index contributed by atoms with van der Waals surface area (Å²) in [5.41, 5.74) is 0. The molecule has 1 fully saturated rings. The Hall–Kier alpha value is -1.63. The van der Waals surface area contributed by atoms with E-state index in [1.165, 1.54) is 0 Å². The fourth-order valence-corrected chi connectivity index (χ4v) is 3.81. The van der Waals surface area contributed by atoms with E-state index in [1.807, 2.05) is 12.2 Å². The van der Waals surface area contributed by atoms with E-state index in [0.29, 0.717) is 19.3 Å². The van der Waals surface area contributed by atoms with Crippen LogP contribution < -0.4 is 0 Å². The highest BCUT2D eigenvalue weighted by atomic mass is 19.3. The lowest BCUT2D eigenvalue weighted by Gasteiger charge is -2.21. The second kappa shape index (κ2) is 12.8. The molecular weight excluding hydrogens is 382 g/mol. The van der Waals surface area contributed by atoms with Crippen molar-refractivity contribution in [2.24, 2.45) is 11.8 Å². The average molecular weight is 417 g/mol. The summed E-state index contributed by atoms with van der Waals surface area (Å²) >= 11 is 0. The fourth-order valence-electron chi connectivity index (χ4n) is 3.81. The summed E-state index contributed by atoms with van der Waals surface area (Å²) in [6.07, 6.45) is 6.79. The fraction of sp³-hybridized carbons (Fsp3) is 0.773. The summed E-state index contributed by atoms with van der Waals surface area (Å²) in [7, 11) is 0. The number of hydrogen-bond acceptors (Lipinski definition) is 4. The molecule has 1 aliphatic carbocycles. The first-order valence-electron chi connectivity index (χ1n) is 10.7. The Bertz CT molecular complexity index is 574. The summed E-state index contributed by atoms with van der Waals surface area (Å²) < 4.78 is 27.7. The molecule has 1 aliphatic rings. The molecule has 0 aromatic rings. The molecule has 3 atom stereocenters. The summed E-state index contributed by atoms with van der Waals surface area (Å²) in [6, 6.07) is 0. The number of unbranched alkanes of at least 4 members (excludes halogenated alkanes) is 4. The SMILES string of the molecule is CCCCC(F)(F)C(=O)CC[C@H]1[C@H](O)CC(=O)[C@@H]1CC=CCCCCCC(=O)O. The number of halogens is 2. The molecule has 0 bridgehead atoms. The number of aliphatic carboxylic acids is 1. The highest BCUT2D eigenvalue weighted by Gasteiger charge is 2.43. The summed E-state index contributed by atoms with van der Waals surface area (Å²) in [6.45, 7) is 1.79. The molecule has 0 spiro atoms. The van der Waals surface area contributed by atoms with Gasteiger partial charge in [0.1, 0.15) is 5.78 Å². The van der Waals surface area contributed by atoms with Gasteiger partial charge in [-0.25, -0.2) is 0 Å². The van der Waals surface area contributed by atoms with Crippen LogP contribution in [0, 0.1) is 11.8 Å². The van der Waals surface area contributed by atoms with Crippen molar-refractivity contribution < 1.29 is 33.4 Å². The molecule has 0 aromatic carbocycles. The van der Waals surface area contributed by atoms with Gasteiger partial charge in [0.25, 0.3) is 0 Å². The smallest absolute Gasteiger partial charge is 0.305 e. The molecule has 0 heterocycles. The van der Waals surface area contributed by atoms with E-state index in [1.54, 1.807) is 6.92 Å². The minimum absolute atomic E-state index is 0.0127. The molecule has 0 saturated heterocycles. The minimum Gasteiger partial charge on any atom is -0.481 e. The number of aliphatic hydroxyl groups excluding tert-OH is 1. The van der Waals surface area contributed by atoms with Crippen molar-refractivity contribution >= 4 is 17.5 Å². The third-order valence-electron chi connectivity index (χ3n) is 5.61. The number of carbonyl (C=O) groups is 3. The Kier molecular flexibility index (Phi) is 11.2. The summed E-state index contributed by atoms with van der Waals surface area (Å²) in [5.74, 6) is -6.23. The first-order valence-corrected chi connectivity index (χ1v) is 10.7. The van der Waals surface area contributed by atoms with Crippen molar-refractivity contribution in [1.29, 1.82) is 0 Å². The predicted octanol–water partition coefficient (Wildman–Crippen LogP) is 4.71. The van der Waals surface area contributed by atoms with Crippen LogP contribution >= 0.6 is 0 Å².